The summed E-state index contributed by atoms with van der Waals surface area (Å²) >= 11 is 0. The van der Waals surface area contributed by atoms with E-state index in [4.69, 9.17) is 24.4 Å². The molecule has 0 bridgehead atoms. The van der Waals surface area contributed by atoms with Gasteiger partial charge in [-0.3, -0.25) is 0 Å². The molecule has 0 spiro atoms. The van der Waals surface area contributed by atoms with Gasteiger partial charge in [0.1, 0.15) is 29.1 Å². The van der Waals surface area contributed by atoms with Crippen LogP contribution in [0.5, 0.6) is 23.0 Å². The van der Waals surface area contributed by atoms with E-state index in [-0.39, 0.29) is 22.9 Å². The molecule has 8 aliphatic rings. The molecule has 2 N–H and O–H groups in total. The lowest BCUT2D eigenvalue weighted by atomic mass is 9.44. The number of allylic oxidation sites excluding steroid dienone is 2. The van der Waals surface area contributed by atoms with Crippen LogP contribution in [0.2, 0.25) is 0 Å². The Bertz CT molecular complexity index is 4350. The average molecular weight is 1560 g/mol. The number of hydrogen-bond donors (Lipinski definition) is 2. The van der Waals surface area contributed by atoms with Gasteiger partial charge in [0.05, 0.1) is 16.7 Å². The number of carbonyl (C=O) groups is 3. The fourth-order valence-corrected chi connectivity index (χ4v) is 25.2. The second-order valence-electron chi connectivity index (χ2n) is 40.1. The molecule has 0 heterocycles. The van der Waals surface area contributed by atoms with Crippen molar-refractivity contribution in [3.63, 3.8) is 0 Å². The first kappa shape index (κ1) is 86.6. The zero-order chi connectivity index (χ0) is 82.5. The van der Waals surface area contributed by atoms with Crippen LogP contribution in [0.4, 0.5) is 0 Å². The number of fused-ring (bicyclic) bond motifs is 10. The SMILES string of the molecule is Cc1cc(C)cc(C(=O)O)c1.Cc1cc(C)cc(C(=O)OC2CCC3(C)C(CCC4C3CCC3(C)C(C(C)CCCC(C)C)CCC43)C2)c1.Cc1ccc(C)c(C(=O)O)c1.Cc1ccc(Oc2ccc(C3(c4ccc(Oc5ccc(C)cc5)cc4)CCC4(C)C(=CCC5C4CCC4(C)C(C(C)CCCC(C)C)CCC54)C3)cc2)cc1. The van der Waals surface area contributed by atoms with Crippen molar-refractivity contribution in [2.75, 3.05) is 0 Å². The van der Waals surface area contributed by atoms with Crippen molar-refractivity contribution in [1.82, 2.24) is 0 Å². The third-order valence-electron chi connectivity index (χ3n) is 31.4. The number of rotatable bonds is 20. The van der Waals surface area contributed by atoms with Crippen molar-refractivity contribution in [2.45, 2.75) is 284 Å². The van der Waals surface area contributed by atoms with Crippen molar-refractivity contribution in [1.29, 1.82) is 0 Å². The van der Waals surface area contributed by atoms with Gasteiger partial charge in [-0.1, -0.05) is 231 Å². The maximum absolute atomic E-state index is 13.0. The van der Waals surface area contributed by atoms with Gasteiger partial charge in [0, 0.05) is 5.41 Å². The van der Waals surface area contributed by atoms with E-state index in [1.54, 1.807) is 30.7 Å². The van der Waals surface area contributed by atoms with E-state index in [0.29, 0.717) is 33.3 Å². The molecule has 0 aromatic heterocycles. The molecule has 8 aliphatic carbocycles. The normalized spacial score (nSPS) is 28.6. The number of aryl methyl sites for hydroxylation is 8. The predicted molar refractivity (Wildman–Crippen MR) is 473 cm³/mol. The highest BCUT2D eigenvalue weighted by atomic mass is 16.5. The molecule has 16 unspecified atom stereocenters. The van der Waals surface area contributed by atoms with Crippen LogP contribution < -0.4 is 9.47 Å². The highest BCUT2D eigenvalue weighted by Crippen LogP contribution is 2.71. The molecule has 15 rings (SSSR count). The molecule has 0 amide bonds. The molecule has 16 atom stereocenters. The molecule has 7 aromatic carbocycles. The zero-order valence-corrected chi connectivity index (χ0v) is 73.7. The molecule has 115 heavy (non-hydrogen) atoms. The van der Waals surface area contributed by atoms with E-state index in [9.17, 15) is 14.4 Å². The van der Waals surface area contributed by atoms with Crippen LogP contribution >= 0.6 is 0 Å². The summed E-state index contributed by atoms with van der Waals surface area (Å²) in [6.07, 6.45) is 33.7. The smallest absolute Gasteiger partial charge is 0.338 e. The van der Waals surface area contributed by atoms with E-state index in [1.807, 2.05) is 51.1 Å². The van der Waals surface area contributed by atoms with Crippen LogP contribution in [-0.2, 0) is 10.2 Å². The highest BCUT2D eigenvalue weighted by molar-refractivity contribution is 5.90. The van der Waals surface area contributed by atoms with Crippen LogP contribution in [0.25, 0.3) is 0 Å². The van der Waals surface area contributed by atoms with E-state index >= 15 is 0 Å². The number of benzene rings is 7. The Labute approximate surface area is 693 Å². The van der Waals surface area contributed by atoms with Crippen LogP contribution in [0.3, 0.4) is 0 Å². The first-order chi connectivity index (χ1) is 54.7. The number of ether oxygens (including phenoxy) is 3. The molecule has 0 aliphatic heterocycles. The third-order valence-corrected chi connectivity index (χ3v) is 31.4. The highest BCUT2D eigenvalue weighted by Gasteiger charge is 2.63. The van der Waals surface area contributed by atoms with Gasteiger partial charge >= 0.3 is 17.9 Å². The molecule has 8 nitrogen and oxygen atoms in total. The van der Waals surface area contributed by atoms with Crippen molar-refractivity contribution in [3.05, 3.63) is 236 Å². The topological polar surface area (TPSA) is 119 Å². The summed E-state index contributed by atoms with van der Waals surface area (Å²) in [5, 5.41) is 17.3. The van der Waals surface area contributed by atoms with Crippen LogP contribution in [-0.4, -0.2) is 34.2 Å². The maximum atomic E-state index is 13.0. The summed E-state index contributed by atoms with van der Waals surface area (Å²) in [7, 11) is 0. The summed E-state index contributed by atoms with van der Waals surface area (Å²) < 4.78 is 18.8. The minimum absolute atomic E-state index is 0.0920. The minimum Gasteiger partial charge on any atom is -0.478 e. The molecule has 0 radical (unpaired) electrons. The van der Waals surface area contributed by atoms with Gasteiger partial charge in [0.2, 0.25) is 0 Å². The molecular weight excluding hydrogens is 1410 g/mol. The average Bonchev–Trinajstić information content (AvgIpc) is 1.67. The second-order valence-corrected chi connectivity index (χ2v) is 40.1. The number of aromatic carboxylic acids is 2. The monoisotopic (exact) mass is 1560 g/mol. The fourth-order valence-electron chi connectivity index (χ4n) is 25.2. The maximum Gasteiger partial charge on any atom is 0.338 e. The van der Waals surface area contributed by atoms with Crippen LogP contribution in [0.1, 0.15) is 304 Å². The van der Waals surface area contributed by atoms with Crippen molar-refractivity contribution in [3.8, 4) is 23.0 Å². The van der Waals surface area contributed by atoms with Gasteiger partial charge in [-0.05, 0) is 359 Å². The van der Waals surface area contributed by atoms with Gasteiger partial charge in [-0.15, -0.1) is 0 Å². The Morgan fingerprint density at radius 3 is 1.33 bits per heavy atom. The quantitative estimate of drug-likeness (QED) is 0.0572. The second kappa shape index (κ2) is 36.7. The van der Waals surface area contributed by atoms with Gasteiger partial charge < -0.3 is 24.4 Å². The van der Waals surface area contributed by atoms with Crippen molar-refractivity contribution < 1.29 is 38.8 Å². The van der Waals surface area contributed by atoms with Gasteiger partial charge in [-0.2, -0.15) is 0 Å². The van der Waals surface area contributed by atoms with E-state index in [2.05, 4.69) is 206 Å². The lowest BCUT2D eigenvalue weighted by molar-refractivity contribution is -0.130. The Balaban J connectivity index is 0.000000174. The van der Waals surface area contributed by atoms with Crippen molar-refractivity contribution in [2.24, 2.45) is 98.6 Å². The van der Waals surface area contributed by atoms with Gasteiger partial charge in [0.15, 0.2) is 0 Å². The minimum atomic E-state index is -0.864. The van der Waals surface area contributed by atoms with Gasteiger partial charge in [0.25, 0.3) is 0 Å². The Morgan fingerprint density at radius 2 is 0.861 bits per heavy atom. The number of carboxylic acids is 2. The number of carboxylic acid groups (broad SMARTS) is 2. The first-order valence-electron chi connectivity index (χ1n) is 45.0. The zero-order valence-electron chi connectivity index (χ0n) is 73.7. The van der Waals surface area contributed by atoms with E-state index < -0.39 is 11.9 Å². The molecular formula is C107H142O8. The molecule has 7 aromatic rings. The Kier molecular flexibility index (Phi) is 27.6. The predicted octanol–water partition coefficient (Wildman–Crippen LogP) is 29.2. The lowest BCUT2D eigenvalue weighted by Crippen LogP contribution is -2.54. The van der Waals surface area contributed by atoms with Crippen molar-refractivity contribution >= 4 is 17.9 Å². The molecule has 8 heteroatoms. The third kappa shape index (κ3) is 19.5. The Morgan fingerprint density at radius 1 is 0.417 bits per heavy atom. The largest absolute Gasteiger partial charge is 0.478 e. The molecule has 7 saturated carbocycles. The summed E-state index contributed by atoms with van der Waals surface area (Å²) in [5.74, 6) is 12.9. The van der Waals surface area contributed by atoms with E-state index in [1.165, 1.54) is 144 Å². The first-order valence-corrected chi connectivity index (χ1v) is 45.0. The molecule has 618 valence electrons. The summed E-state index contributed by atoms with van der Waals surface area (Å²) in [6, 6.07) is 51.6. The number of carbonyl (C=O) groups excluding carboxylic acids is 1. The standard InChI is InChI=1S/C53H66O2.C36H56O2.2C9H10O2/c1-36(2)9-8-10-39(5)48-29-30-49-47-28-19-42-35-53(34-33-51(42,6)50(47)31-32-52(48,49)7,40-15-24-45(25-16-40)54-43-20-11-37(3)12-21-43)41-17-26-46(27-18-41)55-44-22-13-38(4)14-23-44;1-23(2)9-8-10-26(5)31-13-14-32-30-12-11-28-22-29(38-34(37)27-20-24(3)19-25(4)21-27)15-17-35(28,6)33(30)16-18-36(31,32)7;1-6-3-7(2)5-8(4-6)9(10)11;1-6-3-4-7(2)8(5-6)9(10)11/h11-27,36,39,47-50H,8-10,28-35H2,1-7H3;19-21,23,26,28-33H,8-18,22H2,1-7H3;2*3-5H,1-2H3,(H,10,11). The lowest BCUT2D eigenvalue weighted by Gasteiger charge is -2.61. The fraction of sp³-hybridized carbons (Fsp3) is 0.561. The number of hydrogen-bond acceptors (Lipinski definition) is 6. The Hall–Kier alpha value is -7.71. The number of esters is 1. The summed E-state index contributed by atoms with van der Waals surface area (Å²) in [6.45, 7) is 41.3. The summed E-state index contributed by atoms with van der Waals surface area (Å²) in [4.78, 5) is 34.1. The summed E-state index contributed by atoms with van der Waals surface area (Å²) in [5.41, 5.74) is 16.2. The van der Waals surface area contributed by atoms with E-state index in [0.717, 1.165) is 159 Å². The van der Waals surface area contributed by atoms with Crippen LogP contribution in [0, 0.1) is 154 Å². The molecule has 0 saturated heterocycles. The van der Waals surface area contributed by atoms with Gasteiger partial charge in [-0.25, -0.2) is 14.4 Å². The van der Waals surface area contributed by atoms with Crippen LogP contribution in [0.15, 0.2) is 163 Å². The molecule has 7 fully saturated rings.